The number of benzene rings is 3. The van der Waals surface area contributed by atoms with Crippen molar-refractivity contribution in [2.45, 2.75) is 52.4 Å². The van der Waals surface area contributed by atoms with E-state index in [4.69, 9.17) is 0 Å². The van der Waals surface area contributed by atoms with Crippen molar-refractivity contribution >= 4 is 0 Å². The standard InChI is InChI=1S/C27H27F2.Rb/c1-17-7-9-20(10-8-17)23-15-16-24(19(3)18(23)2)21-11-13-22(14-12-21)25-5-4-6-26(28)27(25)29;/h4-5,11-17,20H,7-10H2,1-3H3;/q-1;+1. The molecule has 1 aliphatic rings. The van der Waals surface area contributed by atoms with E-state index >= 15 is 0 Å². The Morgan fingerprint density at radius 3 is 2.00 bits per heavy atom. The summed E-state index contributed by atoms with van der Waals surface area (Å²) in [6, 6.07) is 17.5. The SMILES string of the molecule is Cc1c(-c2ccc(-c3cc[c-]c(F)c3F)cc2)ccc(C2CCC(C)CC2)c1C.[Rb+]. The fraction of sp³-hybridized carbons (Fsp3) is 0.333. The Kier molecular flexibility index (Phi) is 8.23. The smallest absolute Gasteiger partial charge is 0.281 e. The molecule has 0 spiro atoms. The number of rotatable bonds is 3. The Morgan fingerprint density at radius 1 is 0.767 bits per heavy atom. The first-order valence-corrected chi connectivity index (χ1v) is 10.5. The fourth-order valence-electron chi connectivity index (χ4n) is 4.67. The molecular weight excluding hydrogens is 448 g/mol. The van der Waals surface area contributed by atoms with Crippen molar-refractivity contribution in [2.24, 2.45) is 5.92 Å². The third-order valence-corrected chi connectivity index (χ3v) is 6.68. The van der Waals surface area contributed by atoms with E-state index in [1.54, 1.807) is 6.07 Å². The van der Waals surface area contributed by atoms with Crippen LogP contribution in [0.1, 0.15) is 55.2 Å². The van der Waals surface area contributed by atoms with E-state index in [2.05, 4.69) is 39.0 Å². The van der Waals surface area contributed by atoms with Crippen LogP contribution in [0.5, 0.6) is 0 Å². The summed E-state index contributed by atoms with van der Waals surface area (Å²) in [6.07, 6.45) is 5.21. The summed E-state index contributed by atoms with van der Waals surface area (Å²) in [7, 11) is 0. The third-order valence-electron chi connectivity index (χ3n) is 6.68. The van der Waals surface area contributed by atoms with Gasteiger partial charge in [-0.15, -0.1) is 6.07 Å². The summed E-state index contributed by atoms with van der Waals surface area (Å²) in [6.45, 7) is 6.78. The quantitative estimate of drug-likeness (QED) is 0.468. The van der Waals surface area contributed by atoms with Crippen LogP contribution in [0.15, 0.2) is 48.5 Å². The number of halogens is 2. The van der Waals surface area contributed by atoms with Crippen molar-refractivity contribution in [3.63, 3.8) is 0 Å². The summed E-state index contributed by atoms with van der Waals surface area (Å²) in [5, 5.41) is 0. The van der Waals surface area contributed by atoms with Gasteiger partial charge in [0.2, 0.25) is 0 Å². The summed E-state index contributed by atoms with van der Waals surface area (Å²) in [5.74, 6) is -0.260. The predicted molar refractivity (Wildman–Crippen MR) is 116 cm³/mol. The average molecular weight is 475 g/mol. The van der Waals surface area contributed by atoms with Crippen LogP contribution in [0.2, 0.25) is 0 Å². The van der Waals surface area contributed by atoms with E-state index in [9.17, 15) is 8.78 Å². The molecule has 1 saturated carbocycles. The fourth-order valence-corrected chi connectivity index (χ4v) is 4.67. The molecule has 150 valence electrons. The van der Waals surface area contributed by atoms with Gasteiger partial charge in [0.1, 0.15) is 0 Å². The minimum absolute atomic E-state index is 0. The zero-order valence-electron chi connectivity index (χ0n) is 18.4. The monoisotopic (exact) mass is 474 g/mol. The maximum atomic E-state index is 14.1. The van der Waals surface area contributed by atoms with Crippen molar-refractivity contribution in [1.29, 1.82) is 0 Å². The van der Waals surface area contributed by atoms with Crippen molar-refractivity contribution in [2.75, 3.05) is 0 Å². The van der Waals surface area contributed by atoms with Gasteiger partial charge in [-0.05, 0) is 71.9 Å². The summed E-state index contributed by atoms with van der Waals surface area (Å²) in [4.78, 5) is 0. The van der Waals surface area contributed by atoms with Crippen LogP contribution in [0.25, 0.3) is 22.3 Å². The van der Waals surface area contributed by atoms with Crippen LogP contribution in [0.3, 0.4) is 0 Å². The summed E-state index contributed by atoms with van der Waals surface area (Å²) in [5.41, 5.74) is 7.42. The minimum Gasteiger partial charge on any atom is -0.281 e. The molecule has 3 aromatic rings. The van der Waals surface area contributed by atoms with Gasteiger partial charge < -0.3 is 0 Å². The van der Waals surface area contributed by atoms with E-state index in [1.807, 2.05) is 24.3 Å². The van der Waals surface area contributed by atoms with Crippen LogP contribution in [0.4, 0.5) is 8.78 Å². The van der Waals surface area contributed by atoms with Gasteiger partial charge >= 0.3 is 58.2 Å². The number of hydrogen-bond acceptors (Lipinski definition) is 0. The molecule has 30 heavy (non-hydrogen) atoms. The molecular formula is C27H27F2Rb. The maximum Gasteiger partial charge on any atom is 1.00 e. The second-order valence-electron chi connectivity index (χ2n) is 8.51. The zero-order valence-corrected chi connectivity index (χ0v) is 23.3. The van der Waals surface area contributed by atoms with Gasteiger partial charge in [-0.2, -0.15) is 12.1 Å². The Bertz CT molecular complexity index is 1020. The average Bonchev–Trinajstić information content (AvgIpc) is 2.73. The normalized spacial score (nSPS) is 18.7. The van der Waals surface area contributed by atoms with Gasteiger partial charge in [-0.25, -0.2) is 4.39 Å². The van der Waals surface area contributed by atoms with Crippen molar-refractivity contribution < 1.29 is 67.0 Å². The second-order valence-corrected chi connectivity index (χ2v) is 8.51. The van der Waals surface area contributed by atoms with Gasteiger partial charge in [0.25, 0.3) is 0 Å². The summed E-state index contributed by atoms with van der Waals surface area (Å²) < 4.78 is 27.6. The first kappa shape index (κ1) is 24.0. The third kappa shape index (κ3) is 4.88. The molecule has 4 rings (SSSR count). The van der Waals surface area contributed by atoms with Crippen molar-refractivity contribution in [1.82, 2.24) is 0 Å². The molecule has 0 aliphatic heterocycles. The van der Waals surface area contributed by atoms with Crippen molar-refractivity contribution in [3.8, 4) is 22.3 Å². The molecule has 0 bridgehead atoms. The molecule has 0 heterocycles. The first-order valence-electron chi connectivity index (χ1n) is 10.5. The van der Waals surface area contributed by atoms with Crippen LogP contribution < -0.4 is 58.2 Å². The summed E-state index contributed by atoms with van der Waals surface area (Å²) >= 11 is 0. The largest absolute Gasteiger partial charge is 1.00 e. The molecule has 0 N–H and O–H groups in total. The van der Waals surface area contributed by atoms with Gasteiger partial charge in [-0.1, -0.05) is 61.7 Å². The molecule has 0 nitrogen and oxygen atoms in total. The van der Waals surface area contributed by atoms with Crippen LogP contribution in [0, 0.1) is 37.5 Å². The maximum absolute atomic E-state index is 14.1. The molecule has 3 heteroatoms. The molecule has 0 aromatic heterocycles. The Morgan fingerprint density at radius 2 is 1.37 bits per heavy atom. The van der Waals surface area contributed by atoms with E-state index in [0.717, 1.165) is 11.5 Å². The molecule has 0 radical (unpaired) electrons. The molecule has 0 atom stereocenters. The van der Waals surface area contributed by atoms with Gasteiger partial charge in [0, 0.05) is 5.82 Å². The minimum atomic E-state index is -0.939. The van der Waals surface area contributed by atoms with E-state index in [-0.39, 0.29) is 63.8 Å². The predicted octanol–water partition coefficient (Wildman–Crippen LogP) is 5.01. The van der Waals surface area contributed by atoms with Crippen LogP contribution in [-0.4, -0.2) is 0 Å². The van der Waals surface area contributed by atoms with Crippen LogP contribution >= 0.6 is 0 Å². The van der Waals surface area contributed by atoms with E-state index < -0.39 is 11.6 Å². The number of hydrogen-bond donors (Lipinski definition) is 0. The molecule has 1 aliphatic carbocycles. The molecule has 0 amide bonds. The zero-order chi connectivity index (χ0) is 20.5. The second kappa shape index (κ2) is 10.3. The topological polar surface area (TPSA) is 0 Å². The van der Waals surface area contributed by atoms with Crippen LogP contribution in [-0.2, 0) is 0 Å². The molecule has 3 aromatic carbocycles. The van der Waals surface area contributed by atoms with Crippen molar-refractivity contribution in [3.05, 3.63) is 82.9 Å². The van der Waals surface area contributed by atoms with Gasteiger partial charge in [0.05, 0.1) is 5.82 Å². The molecule has 0 saturated heterocycles. The Labute approximate surface area is 227 Å². The van der Waals surface area contributed by atoms with E-state index in [0.29, 0.717) is 11.5 Å². The molecule has 1 fully saturated rings. The first-order chi connectivity index (χ1) is 14.0. The van der Waals surface area contributed by atoms with Gasteiger partial charge in [0.15, 0.2) is 0 Å². The Hall–Kier alpha value is -0.675. The Balaban J connectivity index is 0.00000256. The molecule has 0 unspecified atom stereocenters. The van der Waals surface area contributed by atoms with E-state index in [1.165, 1.54) is 54.0 Å². The van der Waals surface area contributed by atoms with Gasteiger partial charge in [-0.3, -0.25) is 4.39 Å².